The Labute approximate surface area is 77.5 Å². The summed E-state index contributed by atoms with van der Waals surface area (Å²) in [6, 6.07) is 6.87. The second kappa shape index (κ2) is 3.94. The molecule has 1 rings (SSSR count). The fourth-order valence-electron chi connectivity index (χ4n) is 0.960. The summed E-state index contributed by atoms with van der Waals surface area (Å²) in [4.78, 5) is 11.4. The minimum atomic E-state index is -0.367. The number of esters is 1. The molecule has 13 heavy (non-hydrogen) atoms. The second-order valence-corrected chi connectivity index (χ2v) is 3.04. The lowest BCUT2D eigenvalue weighted by molar-refractivity contribution is 0.0379. The summed E-state index contributed by atoms with van der Waals surface area (Å²) in [7, 11) is 0. The molecule has 0 amide bonds. The molecule has 3 nitrogen and oxygen atoms in total. The minimum absolute atomic E-state index is 0.118. The molecule has 1 aromatic rings. The average Bonchev–Trinajstić information content (AvgIpc) is 2.03. The van der Waals surface area contributed by atoms with Crippen molar-refractivity contribution in [2.45, 2.75) is 20.0 Å². The Morgan fingerprint density at radius 3 is 2.54 bits per heavy atom. The van der Waals surface area contributed by atoms with Gasteiger partial charge in [-0.2, -0.15) is 0 Å². The smallest absolute Gasteiger partial charge is 0.340 e. The Kier molecular flexibility index (Phi) is 2.90. The van der Waals surface area contributed by atoms with Gasteiger partial charge in [0, 0.05) is 5.69 Å². The van der Waals surface area contributed by atoms with Crippen molar-refractivity contribution in [2.24, 2.45) is 0 Å². The first-order chi connectivity index (χ1) is 6.11. The number of ether oxygens (including phenoxy) is 1. The Morgan fingerprint density at radius 1 is 1.38 bits per heavy atom. The molecule has 3 heteroatoms. The van der Waals surface area contributed by atoms with Crippen LogP contribution >= 0.6 is 0 Å². The van der Waals surface area contributed by atoms with Crippen molar-refractivity contribution in [3.8, 4) is 0 Å². The number of anilines is 1. The van der Waals surface area contributed by atoms with Crippen LogP contribution < -0.4 is 5.73 Å². The molecule has 0 radical (unpaired) electrons. The van der Waals surface area contributed by atoms with E-state index in [9.17, 15) is 4.79 Å². The summed E-state index contributed by atoms with van der Waals surface area (Å²) in [5, 5.41) is 0. The Morgan fingerprint density at radius 2 is 2.00 bits per heavy atom. The molecule has 0 saturated carbocycles. The van der Waals surface area contributed by atoms with Crippen molar-refractivity contribution in [3.05, 3.63) is 29.8 Å². The van der Waals surface area contributed by atoms with Crippen LogP contribution in [0.1, 0.15) is 24.2 Å². The van der Waals surface area contributed by atoms with Gasteiger partial charge in [-0.1, -0.05) is 12.1 Å². The van der Waals surface area contributed by atoms with Crippen LogP contribution in [-0.4, -0.2) is 12.1 Å². The van der Waals surface area contributed by atoms with Crippen LogP contribution in [0, 0.1) is 0 Å². The largest absolute Gasteiger partial charge is 0.459 e. The highest BCUT2D eigenvalue weighted by Crippen LogP contribution is 2.12. The van der Waals surface area contributed by atoms with E-state index < -0.39 is 0 Å². The molecular weight excluding hydrogens is 166 g/mol. The van der Waals surface area contributed by atoms with Crippen LogP contribution in [0.3, 0.4) is 0 Å². The highest BCUT2D eigenvalue weighted by atomic mass is 16.5. The predicted octanol–water partition coefficient (Wildman–Crippen LogP) is 1.83. The number of carbonyl (C=O) groups excluding carboxylic acids is 1. The summed E-state index contributed by atoms with van der Waals surface area (Å²) >= 11 is 0. The van der Waals surface area contributed by atoms with Crippen LogP contribution in [0.4, 0.5) is 5.69 Å². The van der Waals surface area contributed by atoms with E-state index in [0.717, 1.165) is 0 Å². The zero-order valence-electron chi connectivity index (χ0n) is 7.78. The van der Waals surface area contributed by atoms with Gasteiger partial charge in [0.15, 0.2) is 0 Å². The number of rotatable bonds is 2. The van der Waals surface area contributed by atoms with E-state index in [1.165, 1.54) is 0 Å². The third kappa shape index (κ3) is 2.47. The van der Waals surface area contributed by atoms with Gasteiger partial charge in [-0.05, 0) is 26.0 Å². The lowest BCUT2D eigenvalue weighted by Crippen LogP contribution is -2.13. The van der Waals surface area contributed by atoms with Crippen molar-refractivity contribution >= 4 is 11.7 Å². The van der Waals surface area contributed by atoms with Gasteiger partial charge >= 0.3 is 5.97 Å². The molecule has 0 spiro atoms. The molecule has 1 aromatic carbocycles. The van der Waals surface area contributed by atoms with Crippen LogP contribution in [-0.2, 0) is 4.74 Å². The standard InChI is InChI=1S/C10H13NO2/c1-7(2)13-10(12)8-5-3-4-6-9(8)11/h3-7H,11H2,1-2H3. The van der Waals surface area contributed by atoms with Crippen molar-refractivity contribution in [3.63, 3.8) is 0 Å². The average molecular weight is 179 g/mol. The number of hydrogen-bond acceptors (Lipinski definition) is 3. The SMILES string of the molecule is CC(C)OC(=O)c1ccccc1N. The highest BCUT2D eigenvalue weighted by molar-refractivity contribution is 5.95. The Hall–Kier alpha value is -1.51. The summed E-state index contributed by atoms with van der Waals surface area (Å²) in [5.74, 6) is -0.367. The van der Waals surface area contributed by atoms with E-state index in [1.54, 1.807) is 38.1 Å². The van der Waals surface area contributed by atoms with E-state index in [0.29, 0.717) is 11.3 Å². The molecule has 0 aliphatic rings. The number of benzene rings is 1. The molecule has 2 N–H and O–H groups in total. The first kappa shape index (κ1) is 9.58. The molecule has 70 valence electrons. The predicted molar refractivity (Wildman–Crippen MR) is 51.4 cm³/mol. The van der Waals surface area contributed by atoms with Crippen LogP contribution in [0.2, 0.25) is 0 Å². The Balaban J connectivity index is 2.83. The molecule has 0 aliphatic heterocycles. The molecule has 0 saturated heterocycles. The highest BCUT2D eigenvalue weighted by Gasteiger charge is 2.11. The number of nitrogen functional groups attached to an aromatic ring is 1. The van der Waals surface area contributed by atoms with E-state index in [2.05, 4.69) is 0 Å². The fraction of sp³-hybridized carbons (Fsp3) is 0.300. The molecular formula is C10H13NO2. The van der Waals surface area contributed by atoms with Crippen molar-refractivity contribution in [1.82, 2.24) is 0 Å². The Bertz CT molecular complexity index is 308. The van der Waals surface area contributed by atoms with E-state index >= 15 is 0 Å². The number of nitrogens with two attached hydrogens (primary N) is 1. The maximum atomic E-state index is 11.4. The quantitative estimate of drug-likeness (QED) is 0.556. The van der Waals surface area contributed by atoms with Crippen molar-refractivity contribution in [1.29, 1.82) is 0 Å². The molecule has 0 aliphatic carbocycles. The number of carbonyl (C=O) groups is 1. The monoisotopic (exact) mass is 179 g/mol. The van der Waals surface area contributed by atoms with Gasteiger partial charge in [-0.25, -0.2) is 4.79 Å². The molecule has 0 fully saturated rings. The minimum Gasteiger partial charge on any atom is -0.459 e. The first-order valence-electron chi connectivity index (χ1n) is 4.16. The van der Waals surface area contributed by atoms with Gasteiger partial charge in [0.05, 0.1) is 11.7 Å². The molecule has 0 unspecified atom stereocenters. The van der Waals surface area contributed by atoms with Gasteiger partial charge in [-0.3, -0.25) is 0 Å². The maximum Gasteiger partial charge on any atom is 0.340 e. The lowest BCUT2D eigenvalue weighted by Gasteiger charge is -2.08. The maximum absolute atomic E-state index is 11.4. The van der Waals surface area contributed by atoms with Crippen molar-refractivity contribution in [2.75, 3.05) is 5.73 Å². The zero-order chi connectivity index (χ0) is 9.84. The molecule has 0 heterocycles. The third-order valence-electron chi connectivity index (χ3n) is 1.52. The summed E-state index contributed by atoms with van der Waals surface area (Å²) in [5.41, 5.74) is 6.48. The molecule has 0 bridgehead atoms. The van der Waals surface area contributed by atoms with Crippen LogP contribution in [0.5, 0.6) is 0 Å². The van der Waals surface area contributed by atoms with Crippen LogP contribution in [0.15, 0.2) is 24.3 Å². The lowest BCUT2D eigenvalue weighted by atomic mass is 10.2. The number of para-hydroxylation sites is 1. The van der Waals surface area contributed by atoms with Gasteiger partial charge in [0.2, 0.25) is 0 Å². The van der Waals surface area contributed by atoms with Gasteiger partial charge in [-0.15, -0.1) is 0 Å². The van der Waals surface area contributed by atoms with Crippen LogP contribution in [0.25, 0.3) is 0 Å². The molecule has 0 atom stereocenters. The van der Waals surface area contributed by atoms with E-state index in [1.807, 2.05) is 0 Å². The van der Waals surface area contributed by atoms with Gasteiger partial charge in [0.25, 0.3) is 0 Å². The summed E-state index contributed by atoms with van der Waals surface area (Å²) < 4.78 is 5.00. The van der Waals surface area contributed by atoms with E-state index in [-0.39, 0.29) is 12.1 Å². The van der Waals surface area contributed by atoms with Gasteiger partial charge < -0.3 is 10.5 Å². The van der Waals surface area contributed by atoms with Gasteiger partial charge in [0.1, 0.15) is 0 Å². The molecule has 0 aromatic heterocycles. The topological polar surface area (TPSA) is 52.3 Å². The third-order valence-corrected chi connectivity index (χ3v) is 1.52. The summed E-state index contributed by atoms with van der Waals surface area (Å²) in [6.45, 7) is 3.61. The number of hydrogen-bond donors (Lipinski definition) is 1. The fourth-order valence-corrected chi connectivity index (χ4v) is 0.960. The first-order valence-corrected chi connectivity index (χ1v) is 4.16. The normalized spacial score (nSPS) is 10.1. The zero-order valence-corrected chi connectivity index (χ0v) is 7.78. The second-order valence-electron chi connectivity index (χ2n) is 3.04. The van der Waals surface area contributed by atoms with E-state index in [4.69, 9.17) is 10.5 Å². The van der Waals surface area contributed by atoms with Crippen molar-refractivity contribution < 1.29 is 9.53 Å². The summed E-state index contributed by atoms with van der Waals surface area (Å²) in [6.07, 6.45) is -0.118.